The van der Waals surface area contributed by atoms with E-state index in [-0.39, 0.29) is 41.1 Å². The topological polar surface area (TPSA) is 109 Å². The first-order valence-electron chi connectivity index (χ1n) is 11.4. The molecular formula is C25H28ClN3O6S. The van der Waals surface area contributed by atoms with Gasteiger partial charge in [0.2, 0.25) is 0 Å². The normalized spacial score (nSPS) is 10.7. The lowest BCUT2D eigenvalue weighted by Crippen LogP contribution is -2.16. The Morgan fingerprint density at radius 3 is 2.42 bits per heavy atom. The molecule has 11 heteroatoms. The molecule has 0 aliphatic rings. The maximum Gasteiger partial charge on any atom is 0.348 e. The third-order valence-corrected chi connectivity index (χ3v) is 6.91. The molecule has 0 bridgehead atoms. The van der Waals surface area contributed by atoms with Gasteiger partial charge in [-0.1, -0.05) is 18.5 Å². The van der Waals surface area contributed by atoms with Crippen LogP contribution in [0.4, 0.5) is 5.00 Å². The number of aromatic nitrogens is 2. The molecule has 1 amide bonds. The Bertz CT molecular complexity index is 1260. The molecule has 0 saturated carbocycles. The van der Waals surface area contributed by atoms with Crippen LogP contribution in [-0.4, -0.2) is 40.8 Å². The van der Waals surface area contributed by atoms with Crippen LogP contribution in [-0.2, 0) is 16.2 Å². The maximum absolute atomic E-state index is 12.9. The van der Waals surface area contributed by atoms with Crippen molar-refractivity contribution in [3.8, 4) is 5.75 Å². The van der Waals surface area contributed by atoms with Crippen LogP contribution in [0.5, 0.6) is 5.75 Å². The zero-order chi connectivity index (χ0) is 26.4. The van der Waals surface area contributed by atoms with E-state index in [0.29, 0.717) is 22.8 Å². The van der Waals surface area contributed by atoms with E-state index in [1.807, 2.05) is 32.9 Å². The highest BCUT2D eigenvalue weighted by atomic mass is 35.5. The van der Waals surface area contributed by atoms with Gasteiger partial charge >= 0.3 is 11.9 Å². The summed E-state index contributed by atoms with van der Waals surface area (Å²) in [7, 11) is 0. The number of ether oxygens (including phenoxy) is 3. The minimum atomic E-state index is -0.621. The van der Waals surface area contributed by atoms with E-state index >= 15 is 0 Å². The first-order valence-corrected chi connectivity index (χ1v) is 12.6. The summed E-state index contributed by atoms with van der Waals surface area (Å²) in [5.74, 6) is -1.11. The van der Waals surface area contributed by atoms with Crippen molar-refractivity contribution >= 4 is 45.8 Å². The summed E-state index contributed by atoms with van der Waals surface area (Å²) in [4.78, 5) is 38.2. The standard InChI is InChI=1S/C25H28ClN3O6S/c1-6-10-34-24(31)19-16(5)21(25(32)33-7-2)36-23(19)27-22(30)18-8-9-29(28-18)13-35-17-11-14(3)20(26)15(4)12-17/h8-9,11-12H,6-7,10,13H2,1-5H3,(H,27,30). The van der Waals surface area contributed by atoms with Crippen molar-refractivity contribution in [2.75, 3.05) is 18.5 Å². The van der Waals surface area contributed by atoms with Gasteiger partial charge in [-0.15, -0.1) is 11.3 Å². The van der Waals surface area contributed by atoms with Gasteiger partial charge in [-0.2, -0.15) is 5.10 Å². The number of hydrogen-bond donors (Lipinski definition) is 1. The second-order valence-corrected chi connectivity index (χ2v) is 9.35. The molecule has 0 radical (unpaired) electrons. The van der Waals surface area contributed by atoms with Crippen LogP contribution in [0.15, 0.2) is 24.4 Å². The van der Waals surface area contributed by atoms with Crippen molar-refractivity contribution in [1.82, 2.24) is 9.78 Å². The summed E-state index contributed by atoms with van der Waals surface area (Å²) < 4.78 is 17.6. The average molecular weight is 534 g/mol. The molecule has 0 spiro atoms. The Morgan fingerprint density at radius 2 is 1.78 bits per heavy atom. The smallest absolute Gasteiger partial charge is 0.348 e. The molecule has 192 valence electrons. The third-order valence-electron chi connectivity index (χ3n) is 5.12. The molecule has 1 aromatic carbocycles. The van der Waals surface area contributed by atoms with Crippen LogP contribution in [0.2, 0.25) is 5.02 Å². The second kappa shape index (κ2) is 12.0. The number of benzene rings is 1. The fourth-order valence-corrected chi connectivity index (χ4v) is 4.55. The molecule has 0 fully saturated rings. The molecule has 0 unspecified atom stereocenters. The Labute approximate surface area is 218 Å². The van der Waals surface area contributed by atoms with Gasteiger partial charge < -0.3 is 19.5 Å². The van der Waals surface area contributed by atoms with Crippen molar-refractivity contribution in [3.63, 3.8) is 0 Å². The molecule has 0 aliphatic carbocycles. The number of nitrogens with zero attached hydrogens (tertiary/aromatic N) is 2. The molecule has 36 heavy (non-hydrogen) atoms. The van der Waals surface area contributed by atoms with Gasteiger partial charge in [0.05, 0.1) is 18.8 Å². The van der Waals surface area contributed by atoms with E-state index < -0.39 is 17.8 Å². The number of esters is 2. The molecule has 0 saturated heterocycles. The van der Waals surface area contributed by atoms with Crippen molar-refractivity contribution < 1.29 is 28.6 Å². The number of anilines is 1. The first-order chi connectivity index (χ1) is 17.2. The number of nitrogens with one attached hydrogen (secondary N) is 1. The fraction of sp³-hybridized carbons (Fsp3) is 0.360. The number of rotatable bonds is 10. The minimum absolute atomic E-state index is 0.0769. The van der Waals surface area contributed by atoms with E-state index in [9.17, 15) is 14.4 Å². The number of hydrogen-bond acceptors (Lipinski definition) is 8. The molecule has 0 aliphatic heterocycles. The number of carbonyl (C=O) groups excluding carboxylic acids is 3. The van der Waals surface area contributed by atoms with Crippen LogP contribution in [0.1, 0.15) is 67.5 Å². The van der Waals surface area contributed by atoms with Crippen LogP contribution in [0, 0.1) is 20.8 Å². The Morgan fingerprint density at radius 1 is 1.08 bits per heavy atom. The van der Waals surface area contributed by atoms with Crippen molar-refractivity contribution in [2.24, 2.45) is 0 Å². The SMILES string of the molecule is CCCOC(=O)c1c(NC(=O)c2ccn(COc3cc(C)c(Cl)c(C)c3)n2)sc(C(=O)OCC)c1C. The van der Waals surface area contributed by atoms with E-state index in [1.54, 1.807) is 20.0 Å². The quantitative estimate of drug-likeness (QED) is 0.340. The van der Waals surface area contributed by atoms with E-state index in [1.165, 1.54) is 10.7 Å². The Balaban J connectivity index is 1.77. The molecule has 2 aromatic heterocycles. The predicted molar refractivity (Wildman–Crippen MR) is 137 cm³/mol. The highest BCUT2D eigenvalue weighted by Gasteiger charge is 2.28. The summed E-state index contributed by atoms with van der Waals surface area (Å²) in [5, 5.41) is 7.82. The largest absolute Gasteiger partial charge is 0.471 e. The lowest BCUT2D eigenvalue weighted by molar-refractivity contribution is 0.0506. The van der Waals surface area contributed by atoms with Crippen molar-refractivity contribution in [2.45, 2.75) is 47.8 Å². The Hall–Kier alpha value is -3.37. The van der Waals surface area contributed by atoms with E-state index in [0.717, 1.165) is 22.5 Å². The lowest BCUT2D eigenvalue weighted by atomic mass is 10.1. The number of thiophene rings is 1. The monoisotopic (exact) mass is 533 g/mol. The van der Waals surface area contributed by atoms with E-state index in [2.05, 4.69) is 10.4 Å². The zero-order valence-corrected chi connectivity index (χ0v) is 22.3. The molecule has 3 aromatic rings. The second-order valence-electron chi connectivity index (χ2n) is 7.96. The van der Waals surface area contributed by atoms with Crippen molar-refractivity contribution in [3.05, 3.63) is 62.2 Å². The van der Waals surface area contributed by atoms with Crippen LogP contribution in [0.3, 0.4) is 0 Å². The van der Waals surface area contributed by atoms with Gasteiger partial charge in [0, 0.05) is 11.2 Å². The predicted octanol–water partition coefficient (Wildman–Crippen LogP) is 5.56. The van der Waals surface area contributed by atoms with Crippen molar-refractivity contribution in [1.29, 1.82) is 0 Å². The van der Waals surface area contributed by atoms with Gasteiger partial charge in [0.25, 0.3) is 5.91 Å². The highest BCUT2D eigenvalue weighted by molar-refractivity contribution is 7.18. The van der Waals surface area contributed by atoms with Gasteiger partial charge in [-0.05, 0) is 69.0 Å². The van der Waals surface area contributed by atoms with Crippen LogP contribution < -0.4 is 10.1 Å². The van der Waals surface area contributed by atoms with Crippen LogP contribution >= 0.6 is 22.9 Å². The summed E-state index contributed by atoms with van der Waals surface area (Å²) in [6.45, 7) is 9.44. The molecule has 1 N–H and O–H groups in total. The zero-order valence-electron chi connectivity index (χ0n) is 20.8. The molecular weight excluding hydrogens is 506 g/mol. The summed E-state index contributed by atoms with van der Waals surface area (Å²) in [6, 6.07) is 5.18. The lowest BCUT2D eigenvalue weighted by Gasteiger charge is -2.10. The summed E-state index contributed by atoms with van der Waals surface area (Å²) in [5.41, 5.74) is 2.42. The maximum atomic E-state index is 12.9. The molecule has 3 rings (SSSR count). The Kier molecular flexibility index (Phi) is 9.11. The highest BCUT2D eigenvalue weighted by Crippen LogP contribution is 2.34. The fourth-order valence-electron chi connectivity index (χ4n) is 3.36. The summed E-state index contributed by atoms with van der Waals surface area (Å²) >= 11 is 7.16. The average Bonchev–Trinajstić information content (AvgIpc) is 3.44. The molecule has 2 heterocycles. The molecule has 9 nitrogen and oxygen atoms in total. The van der Waals surface area contributed by atoms with Crippen LogP contribution in [0.25, 0.3) is 0 Å². The van der Waals surface area contributed by atoms with Gasteiger partial charge in [0.15, 0.2) is 12.4 Å². The van der Waals surface area contributed by atoms with Gasteiger partial charge in [0.1, 0.15) is 15.6 Å². The van der Waals surface area contributed by atoms with Gasteiger partial charge in [-0.25, -0.2) is 14.3 Å². The molecule has 0 atom stereocenters. The first kappa shape index (κ1) is 27.2. The number of halogens is 1. The number of aryl methyl sites for hydroxylation is 2. The minimum Gasteiger partial charge on any atom is -0.471 e. The third kappa shape index (κ3) is 6.24. The van der Waals surface area contributed by atoms with Gasteiger partial charge in [-0.3, -0.25) is 4.79 Å². The summed E-state index contributed by atoms with van der Waals surface area (Å²) in [6.07, 6.45) is 2.24. The number of carbonyl (C=O) groups is 3. The number of amides is 1. The van der Waals surface area contributed by atoms with E-state index in [4.69, 9.17) is 25.8 Å².